The van der Waals surface area contributed by atoms with Gasteiger partial charge in [0.15, 0.2) is 0 Å². The highest BCUT2D eigenvalue weighted by molar-refractivity contribution is 6.31. The van der Waals surface area contributed by atoms with Crippen molar-refractivity contribution in [3.05, 3.63) is 63.9 Å². The fourth-order valence-corrected chi connectivity index (χ4v) is 2.11. The van der Waals surface area contributed by atoms with Crippen molar-refractivity contribution in [1.82, 2.24) is 5.32 Å². The molecule has 0 aliphatic carbocycles. The van der Waals surface area contributed by atoms with Crippen LogP contribution in [0.1, 0.15) is 21.5 Å². The van der Waals surface area contributed by atoms with Gasteiger partial charge in [0.2, 0.25) is 5.91 Å². The van der Waals surface area contributed by atoms with Crippen molar-refractivity contribution in [2.75, 3.05) is 11.9 Å². The van der Waals surface area contributed by atoms with Crippen molar-refractivity contribution in [2.24, 2.45) is 0 Å². The van der Waals surface area contributed by atoms with Gasteiger partial charge in [-0.05, 0) is 49.2 Å². The molecule has 6 heteroatoms. The molecule has 0 spiro atoms. The lowest BCUT2D eigenvalue weighted by atomic mass is 10.1. The standard InChI is InChI=1S/C17H16ClFN2O2/c1-10-6-7-12(8-14(10)19)17(23)20-9-16(22)21-15-5-3-4-13(18)11(15)2/h3-8H,9H2,1-2H3,(H,20,23)(H,21,22). The van der Waals surface area contributed by atoms with Crippen molar-refractivity contribution < 1.29 is 14.0 Å². The zero-order valence-corrected chi connectivity index (χ0v) is 13.5. The van der Waals surface area contributed by atoms with Gasteiger partial charge in [-0.3, -0.25) is 9.59 Å². The van der Waals surface area contributed by atoms with E-state index in [0.717, 1.165) is 11.6 Å². The maximum Gasteiger partial charge on any atom is 0.251 e. The van der Waals surface area contributed by atoms with Crippen LogP contribution in [0.15, 0.2) is 36.4 Å². The van der Waals surface area contributed by atoms with Crippen LogP contribution in [0.25, 0.3) is 0 Å². The number of anilines is 1. The summed E-state index contributed by atoms with van der Waals surface area (Å²) in [6.45, 7) is 3.17. The Bertz CT molecular complexity index is 762. The molecule has 0 fully saturated rings. The minimum atomic E-state index is -0.512. The number of rotatable bonds is 4. The van der Waals surface area contributed by atoms with E-state index < -0.39 is 17.6 Å². The summed E-state index contributed by atoms with van der Waals surface area (Å²) >= 11 is 5.98. The number of carbonyl (C=O) groups excluding carboxylic acids is 2. The second-order valence-electron chi connectivity index (χ2n) is 5.11. The molecule has 2 N–H and O–H groups in total. The first kappa shape index (κ1) is 17.0. The first-order chi connectivity index (χ1) is 10.9. The number of benzene rings is 2. The van der Waals surface area contributed by atoms with E-state index in [1.807, 2.05) is 0 Å². The average Bonchev–Trinajstić information content (AvgIpc) is 2.52. The van der Waals surface area contributed by atoms with E-state index in [0.29, 0.717) is 16.3 Å². The molecule has 0 unspecified atom stereocenters. The summed E-state index contributed by atoms with van der Waals surface area (Å²) in [7, 11) is 0. The zero-order chi connectivity index (χ0) is 17.0. The molecule has 0 heterocycles. The first-order valence-corrected chi connectivity index (χ1v) is 7.35. The molecule has 0 aromatic heterocycles. The van der Waals surface area contributed by atoms with Gasteiger partial charge in [0.25, 0.3) is 5.91 Å². The van der Waals surface area contributed by atoms with Crippen molar-refractivity contribution in [1.29, 1.82) is 0 Å². The van der Waals surface area contributed by atoms with Crippen molar-refractivity contribution in [3.63, 3.8) is 0 Å². The van der Waals surface area contributed by atoms with Gasteiger partial charge >= 0.3 is 0 Å². The number of halogens is 2. The lowest BCUT2D eigenvalue weighted by Gasteiger charge is -2.10. The van der Waals surface area contributed by atoms with Crippen LogP contribution >= 0.6 is 11.6 Å². The molecule has 0 radical (unpaired) electrons. The minimum absolute atomic E-state index is 0.167. The number of amides is 2. The van der Waals surface area contributed by atoms with E-state index in [1.54, 1.807) is 32.0 Å². The van der Waals surface area contributed by atoms with E-state index in [-0.39, 0.29) is 12.1 Å². The van der Waals surface area contributed by atoms with Crippen molar-refractivity contribution >= 4 is 29.1 Å². The topological polar surface area (TPSA) is 58.2 Å². The molecule has 2 amide bonds. The van der Waals surface area contributed by atoms with Crippen LogP contribution < -0.4 is 10.6 Å². The molecule has 0 atom stereocenters. The number of hydrogen-bond acceptors (Lipinski definition) is 2. The van der Waals surface area contributed by atoms with Gasteiger partial charge < -0.3 is 10.6 Å². The Balaban J connectivity index is 1.94. The predicted octanol–water partition coefficient (Wildman–Crippen LogP) is 3.46. The summed E-state index contributed by atoms with van der Waals surface area (Å²) in [6, 6.07) is 9.32. The van der Waals surface area contributed by atoms with E-state index in [2.05, 4.69) is 10.6 Å². The number of aryl methyl sites for hydroxylation is 1. The molecular weight excluding hydrogens is 319 g/mol. The molecule has 2 aromatic carbocycles. The third-order valence-electron chi connectivity index (χ3n) is 3.39. The maximum absolute atomic E-state index is 13.4. The zero-order valence-electron chi connectivity index (χ0n) is 12.7. The van der Waals surface area contributed by atoms with Crippen LogP contribution in [-0.4, -0.2) is 18.4 Å². The highest BCUT2D eigenvalue weighted by atomic mass is 35.5. The molecule has 23 heavy (non-hydrogen) atoms. The fourth-order valence-electron chi connectivity index (χ4n) is 1.93. The number of carbonyl (C=O) groups is 2. The number of hydrogen-bond donors (Lipinski definition) is 2. The molecule has 120 valence electrons. The Kier molecular flexibility index (Phi) is 5.34. The molecule has 0 aliphatic rings. The lowest BCUT2D eigenvalue weighted by molar-refractivity contribution is -0.115. The normalized spacial score (nSPS) is 10.3. The summed E-state index contributed by atoms with van der Waals surface area (Å²) < 4.78 is 13.4. The van der Waals surface area contributed by atoms with Gasteiger partial charge in [0.05, 0.1) is 6.54 Å². The van der Waals surface area contributed by atoms with Crippen molar-refractivity contribution in [3.8, 4) is 0 Å². The number of nitrogens with one attached hydrogen (secondary N) is 2. The molecule has 0 aliphatic heterocycles. The van der Waals surface area contributed by atoms with Crippen LogP contribution in [0, 0.1) is 19.7 Å². The van der Waals surface area contributed by atoms with Gasteiger partial charge in [-0.25, -0.2) is 4.39 Å². The Labute approximate surface area is 138 Å². The summed E-state index contributed by atoms with van der Waals surface area (Å²) in [6.07, 6.45) is 0. The lowest BCUT2D eigenvalue weighted by Crippen LogP contribution is -2.33. The van der Waals surface area contributed by atoms with Gasteiger partial charge in [-0.1, -0.05) is 23.7 Å². The summed E-state index contributed by atoms with van der Waals surface area (Å²) in [4.78, 5) is 23.8. The average molecular weight is 335 g/mol. The Morgan fingerprint density at radius 3 is 2.61 bits per heavy atom. The highest BCUT2D eigenvalue weighted by Gasteiger charge is 2.11. The second-order valence-corrected chi connectivity index (χ2v) is 5.51. The molecule has 0 bridgehead atoms. The van der Waals surface area contributed by atoms with Crippen molar-refractivity contribution in [2.45, 2.75) is 13.8 Å². The van der Waals surface area contributed by atoms with Crippen LogP contribution in [-0.2, 0) is 4.79 Å². The molecule has 2 rings (SSSR count). The quantitative estimate of drug-likeness (QED) is 0.899. The largest absolute Gasteiger partial charge is 0.343 e. The molecule has 0 saturated heterocycles. The van der Waals surface area contributed by atoms with E-state index in [4.69, 9.17) is 11.6 Å². The summed E-state index contributed by atoms with van der Waals surface area (Å²) in [5.41, 5.74) is 1.95. The van der Waals surface area contributed by atoms with E-state index in [9.17, 15) is 14.0 Å². The summed E-state index contributed by atoms with van der Waals surface area (Å²) in [5, 5.41) is 5.66. The Morgan fingerprint density at radius 1 is 1.17 bits per heavy atom. The molecule has 2 aromatic rings. The highest BCUT2D eigenvalue weighted by Crippen LogP contribution is 2.22. The third kappa shape index (κ3) is 4.29. The Hall–Kier alpha value is -2.40. The first-order valence-electron chi connectivity index (χ1n) is 6.98. The predicted molar refractivity (Wildman–Crippen MR) is 88.3 cm³/mol. The molecule has 4 nitrogen and oxygen atoms in total. The van der Waals surface area contributed by atoms with Gasteiger partial charge in [0, 0.05) is 16.3 Å². The van der Waals surface area contributed by atoms with Crippen LogP contribution in [0.4, 0.5) is 10.1 Å². The summed E-state index contributed by atoms with van der Waals surface area (Å²) in [5.74, 6) is -1.37. The van der Waals surface area contributed by atoms with Gasteiger partial charge in [0.1, 0.15) is 5.82 Å². The smallest absolute Gasteiger partial charge is 0.251 e. The SMILES string of the molecule is Cc1ccc(C(=O)NCC(=O)Nc2cccc(Cl)c2C)cc1F. The molecule has 0 saturated carbocycles. The van der Waals surface area contributed by atoms with E-state index >= 15 is 0 Å². The minimum Gasteiger partial charge on any atom is -0.343 e. The molecular formula is C17H16ClFN2O2. The fraction of sp³-hybridized carbons (Fsp3) is 0.176. The van der Waals surface area contributed by atoms with Gasteiger partial charge in [-0.2, -0.15) is 0 Å². The maximum atomic E-state index is 13.4. The Morgan fingerprint density at radius 2 is 1.91 bits per heavy atom. The van der Waals surface area contributed by atoms with Crippen LogP contribution in [0.3, 0.4) is 0 Å². The third-order valence-corrected chi connectivity index (χ3v) is 3.79. The second kappa shape index (κ2) is 7.24. The monoisotopic (exact) mass is 334 g/mol. The van der Waals surface area contributed by atoms with Crippen LogP contribution in [0.5, 0.6) is 0 Å². The van der Waals surface area contributed by atoms with Gasteiger partial charge in [-0.15, -0.1) is 0 Å². The van der Waals surface area contributed by atoms with E-state index in [1.165, 1.54) is 12.1 Å². The van der Waals surface area contributed by atoms with Crippen LogP contribution in [0.2, 0.25) is 5.02 Å².